The first-order valence-corrected chi connectivity index (χ1v) is 24.3. The normalized spacial score (nSPS) is 16.3. The molecule has 5 heterocycles. The highest BCUT2D eigenvalue weighted by Gasteiger charge is 2.44. The molecule has 0 saturated carbocycles. The smallest absolute Gasteiger partial charge is 0.323 e. The van der Waals surface area contributed by atoms with Gasteiger partial charge in [-0.3, -0.25) is 14.4 Å². The van der Waals surface area contributed by atoms with Gasteiger partial charge in [0.25, 0.3) is 0 Å². The Labute approximate surface area is 410 Å². The number of hydrogen-bond acceptors (Lipinski definition) is 13. The minimum Gasteiger partial charge on any atom is -0.475 e. The SMILES string of the molecule is CO[C@@H](C)c1c(NC(=O)Nc2cc(Cl)cnc2OCCNCCCCCCC(=O)N[C@H](C(=O)N2C[C@H](O)C[C@H]2C(=O)N[C@@H](C)c2ccc(-c3scnc3C)cc2)C(C)(C)C)cnc2cc(Cl)nn12. The zero-order chi connectivity index (χ0) is 49.1. The van der Waals surface area contributed by atoms with Crippen LogP contribution in [0.3, 0.4) is 0 Å². The average Bonchev–Trinajstić information content (AvgIpc) is 4.02. The number of unbranched alkanes of at least 4 members (excludes halogenated alkanes) is 3. The highest BCUT2D eigenvalue weighted by Crippen LogP contribution is 2.31. The number of amides is 5. The van der Waals surface area contributed by atoms with E-state index in [1.807, 2.05) is 71.3 Å². The third kappa shape index (κ3) is 13.6. The topological polar surface area (TPSA) is 226 Å². The van der Waals surface area contributed by atoms with Crippen LogP contribution in [0, 0.1) is 12.3 Å². The number of aromatic nitrogens is 5. The van der Waals surface area contributed by atoms with Gasteiger partial charge in [0.15, 0.2) is 10.8 Å². The Morgan fingerprint density at radius 3 is 2.38 bits per heavy atom. The number of nitrogens with zero attached hydrogens (tertiary/aromatic N) is 6. The van der Waals surface area contributed by atoms with Gasteiger partial charge in [0.2, 0.25) is 23.6 Å². The Hall–Kier alpha value is -5.44. The molecule has 6 rings (SSSR count). The van der Waals surface area contributed by atoms with E-state index >= 15 is 0 Å². The van der Waals surface area contributed by atoms with Crippen LogP contribution in [-0.2, 0) is 19.1 Å². The fraction of sp³-hybridized carbons (Fsp3) is 0.489. The molecule has 1 saturated heterocycles. The maximum atomic E-state index is 14.1. The Morgan fingerprint density at radius 1 is 0.941 bits per heavy atom. The lowest BCUT2D eigenvalue weighted by molar-refractivity contribution is -0.144. The van der Waals surface area contributed by atoms with E-state index in [1.54, 1.807) is 24.5 Å². The summed E-state index contributed by atoms with van der Waals surface area (Å²) in [6.07, 6.45) is 5.15. The summed E-state index contributed by atoms with van der Waals surface area (Å²) in [4.78, 5) is 69.6. The number of ether oxygens (including phenoxy) is 2. The number of hydrogen-bond donors (Lipinski definition) is 6. The lowest BCUT2D eigenvalue weighted by atomic mass is 9.85. The molecule has 5 atom stereocenters. The summed E-state index contributed by atoms with van der Waals surface area (Å²) in [5.74, 6) is -0.806. The standard InChI is InChI=1S/C47H61Cl2N11O7S/c1-27(30-13-15-31(16-14-30)41-28(2)53-26-68-41)54-43(63)36-21-33(61)25-59(36)45(64)42(47(4,5)6)57-39(62)12-10-8-9-11-17-50-18-19-67-44-34(20-32(48)23-52-44)55-46(65)56-35-24-51-38-22-37(49)58-60(38)40(35)29(3)66-7/h13-16,20,22-24,26-27,29,33,36,42,50,61H,8-12,17-19,21,25H2,1-7H3,(H,54,63)(H,57,62)(H2,55,56,65)/t27-,29-,33+,36-,42+/m0/s1. The van der Waals surface area contributed by atoms with Crippen LogP contribution in [-0.4, -0.2) is 110 Å². The number of aliphatic hydroxyl groups is 1. The van der Waals surface area contributed by atoms with Crippen molar-refractivity contribution in [2.24, 2.45) is 5.41 Å². The number of pyridine rings is 1. The molecule has 0 spiro atoms. The maximum absolute atomic E-state index is 14.1. The van der Waals surface area contributed by atoms with Crippen LogP contribution in [0.1, 0.15) is 102 Å². The van der Waals surface area contributed by atoms with Crippen molar-refractivity contribution < 1.29 is 33.8 Å². The van der Waals surface area contributed by atoms with E-state index in [0.717, 1.165) is 41.0 Å². The average molecular weight is 995 g/mol. The Kier molecular flexibility index (Phi) is 18.1. The van der Waals surface area contributed by atoms with Crippen LogP contribution in [0.5, 0.6) is 5.88 Å². The second-order valence-corrected chi connectivity index (χ2v) is 19.6. The number of fused-ring (bicyclic) bond motifs is 1. The van der Waals surface area contributed by atoms with Gasteiger partial charge in [0.1, 0.15) is 24.4 Å². The number of aryl methyl sites for hydroxylation is 1. The summed E-state index contributed by atoms with van der Waals surface area (Å²) in [5, 5.41) is 30.3. The Bertz CT molecular complexity index is 2530. The zero-order valence-corrected chi connectivity index (χ0v) is 41.7. The van der Waals surface area contributed by atoms with Crippen molar-refractivity contribution in [3.63, 3.8) is 0 Å². The van der Waals surface area contributed by atoms with Gasteiger partial charge < -0.3 is 46.1 Å². The fourth-order valence-corrected chi connectivity index (χ4v) is 9.06. The number of benzene rings is 1. The van der Waals surface area contributed by atoms with Gasteiger partial charge in [0.05, 0.1) is 56.9 Å². The highest BCUT2D eigenvalue weighted by molar-refractivity contribution is 7.13. The van der Waals surface area contributed by atoms with E-state index < -0.39 is 41.6 Å². The number of rotatable bonds is 21. The molecule has 18 nitrogen and oxygen atoms in total. The molecule has 366 valence electrons. The predicted molar refractivity (Wildman–Crippen MR) is 263 cm³/mol. The van der Waals surface area contributed by atoms with Crippen molar-refractivity contribution in [2.75, 3.05) is 44.0 Å². The highest BCUT2D eigenvalue weighted by atomic mass is 35.5. The number of likely N-dealkylation sites (tertiary alicyclic amines) is 1. The molecule has 5 aromatic rings. The third-order valence-corrected chi connectivity index (χ3v) is 13.0. The number of anilines is 2. The van der Waals surface area contributed by atoms with E-state index in [-0.39, 0.29) is 60.6 Å². The van der Waals surface area contributed by atoms with Crippen molar-refractivity contribution >= 4 is 75.3 Å². The second-order valence-electron chi connectivity index (χ2n) is 17.9. The van der Waals surface area contributed by atoms with Crippen molar-refractivity contribution in [1.82, 2.24) is 45.4 Å². The van der Waals surface area contributed by atoms with E-state index in [9.17, 15) is 24.3 Å². The van der Waals surface area contributed by atoms with Gasteiger partial charge in [-0.2, -0.15) is 5.10 Å². The molecule has 1 aromatic carbocycles. The first-order chi connectivity index (χ1) is 32.4. The van der Waals surface area contributed by atoms with Crippen LogP contribution < -0.4 is 31.3 Å². The van der Waals surface area contributed by atoms with Crippen molar-refractivity contribution in [1.29, 1.82) is 0 Å². The molecule has 68 heavy (non-hydrogen) atoms. The number of urea groups is 1. The van der Waals surface area contributed by atoms with Gasteiger partial charge in [-0.25, -0.2) is 24.3 Å². The van der Waals surface area contributed by atoms with E-state index in [2.05, 4.69) is 46.6 Å². The molecule has 6 N–H and O–H groups in total. The zero-order valence-electron chi connectivity index (χ0n) is 39.4. The summed E-state index contributed by atoms with van der Waals surface area (Å²) in [7, 11) is 1.54. The first-order valence-electron chi connectivity index (χ1n) is 22.7. The van der Waals surface area contributed by atoms with Crippen LogP contribution in [0.2, 0.25) is 10.2 Å². The van der Waals surface area contributed by atoms with Gasteiger partial charge in [-0.1, -0.05) is 81.1 Å². The summed E-state index contributed by atoms with van der Waals surface area (Å²) in [6.45, 7) is 12.8. The number of carbonyl (C=O) groups excluding carboxylic acids is 4. The van der Waals surface area contributed by atoms with Crippen LogP contribution >= 0.6 is 34.5 Å². The number of halogens is 2. The van der Waals surface area contributed by atoms with Crippen LogP contribution in [0.25, 0.3) is 16.1 Å². The fourth-order valence-electron chi connectivity index (χ4n) is 7.91. The number of nitrogens with one attached hydrogen (secondary N) is 5. The second kappa shape index (κ2) is 23.7. The molecule has 21 heteroatoms. The van der Waals surface area contributed by atoms with E-state index in [4.69, 9.17) is 32.7 Å². The molecule has 0 bridgehead atoms. The summed E-state index contributed by atoms with van der Waals surface area (Å²) < 4.78 is 12.9. The van der Waals surface area contributed by atoms with Crippen LogP contribution in [0.15, 0.2) is 54.3 Å². The Morgan fingerprint density at radius 2 is 1.68 bits per heavy atom. The number of β-amino-alcohol motifs (C(OH)–C–C–N with tert-alkyl or cyclic N) is 1. The van der Waals surface area contributed by atoms with Crippen molar-refractivity contribution in [2.45, 2.75) is 110 Å². The lowest BCUT2D eigenvalue weighted by Gasteiger charge is -2.35. The Balaban J connectivity index is 0.896. The monoisotopic (exact) mass is 993 g/mol. The molecular formula is C47H61Cl2N11O7S. The molecule has 1 aliphatic heterocycles. The molecular weight excluding hydrogens is 934 g/mol. The minimum absolute atomic E-state index is 0.00287. The summed E-state index contributed by atoms with van der Waals surface area (Å²) in [6, 6.07) is 8.38. The van der Waals surface area contributed by atoms with E-state index in [1.165, 1.54) is 27.9 Å². The summed E-state index contributed by atoms with van der Waals surface area (Å²) in [5.41, 5.74) is 5.74. The van der Waals surface area contributed by atoms with Crippen molar-refractivity contribution in [3.05, 3.63) is 81.4 Å². The quantitative estimate of drug-likeness (QED) is 0.0393. The number of aliphatic hydroxyl groups excluding tert-OH is 1. The maximum Gasteiger partial charge on any atom is 0.323 e. The third-order valence-electron chi connectivity index (χ3n) is 11.6. The van der Waals surface area contributed by atoms with Gasteiger partial charge in [0, 0.05) is 45.3 Å². The molecule has 0 unspecified atom stereocenters. The van der Waals surface area contributed by atoms with Gasteiger partial charge in [-0.15, -0.1) is 11.3 Å². The minimum atomic E-state index is -0.894. The van der Waals surface area contributed by atoms with Crippen LogP contribution in [0.4, 0.5) is 16.2 Å². The van der Waals surface area contributed by atoms with E-state index in [0.29, 0.717) is 41.6 Å². The first kappa shape index (κ1) is 51.9. The molecule has 4 aromatic heterocycles. The molecule has 0 aliphatic carbocycles. The van der Waals surface area contributed by atoms with Crippen molar-refractivity contribution in [3.8, 4) is 16.3 Å². The molecule has 0 radical (unpaired) electrons. The summed E-state index contributed by atoms with van der Waals surface area (Å²) >= 11 is 13.9. The predicted octanol–water partition coefficient (Wildman–Crippen LogP) is 7.50. The lowest BCUT2D eigenvalue weighted by Crippen LogP contribution is -2.57. The molecule has 1 fully saturated rings. The van der Waals surface area contributed by atoms with Gasteiger partial charge in [-0.05, 0) is 62.8 Å². The molecule has 5 amide bonds. The largest absolute Gasteiger partial charge is 0.475 e. The number of thiazole rings is 1. The van der Waals surface area contributed by atoms with Gasteiger partial charge >= 0.3 is 6.03 Å². The number of carbonyl (C=O) groups is 4. The number of methoxy groups -OCH3 is 1. The molecule has 1 aliphatic rings.